The molecule has 20 heavy (non-hydrogen) atoms. The van der Waals surface area contributed by atoms with E-state index in [1.807, 2.05) is 18.2 Å². The minimum atomic E-state index is -1.17. The zero-order valence-corrected chi connectivity index (χ0v) is 11.1. The van der Waals surface area contributed by atoms with Crippen molar-refractivity contribution in [3.05, 3.63) is 52.9 Å². The smallest absolute Gasteiger partial charge is 0.341 e. The van der Waals surface area contributed by atoms with Crippen LogP contribution in [0.1, 0.15) is 22.0 Å². The lowest BCUT2D eigenvalue weighted by Gasteiger charge is -2.13. The third-order valence-electron chi connectivity index (χ3n) is 2.64. The van der Waals surface area contributed by atoms with Gasteiger partial charge < -0.3 is 15.5 Å². The second-order valence-corrected chi connectivity index (χ2v) is 4.35. The van der Waals surface area contributed by atoms with Gasteiger partial charge in [0.05, 0.1) is 6.10 Å². The molecular formula is C13H12ClN3O3. The molecule has 1 atom stereocenters. The molecule has 0 radical (unpaired) electrons. The van der Waals surface area contributed by atoms with Gasteiger partial charge in [-0.25, -0.2) is 9.78 Å². The van der Waals surface area contributed by atoms with Crippen LogP contribution in [0.25, 0.3) is 0 Å². The topological polar surface area (TPSA) is 95.3 Å². The number of nitrogens with zero attached hydrogens (tertiary/aromatic N) is 2. The summed E-state index contributed by atoms with van der Waals surface area (Å²) in [6.45, 7) is 0.109. The van der Waals surface area contributed by atoms with Gasteiger partial charge in [-0.3, -0.25) is 0 Å². The van der Waals surface area contributed by atoms with Gasteiger partial charge in [0.1, 0.15) is 11.4 Å². The second-order valence-electron chi connectivity index (χ2n) is 4.01. The molecule has 0 bridgehead atoms. The molecule has 104 valence electrons. The maximum absolute atomic E-state index is 11.0. The fraction of sp³-hybridized carbons (Fsp3) is 0.154. The zero-order valence-electron chi connectivity index (χ0n) is 10.3. The number of nitrogens with one attached hydrogen (secondary N) is 1. The Labute approximate surface area is 120 Å². The first kappa shape index (κ1) is 14.2. The van der Waals surface area contributed by atoms with Crippen LogP contribution < -0.4 is 5.32 Å². The zero-order chi connectivity index (χ0) is 14.5. The van der Waals surface area contributed by atoms with Gasteiger partial charge in [0, 0.05) is 12.7 Å². The maximum Gasteiger partial charge on any atom is 0.341 e. The lowest BCUT2D eigenvalue weighted by Crippen LogP contribution is -2.16. The molecule has 3 N–H and O–H groups in total. The number of aromatic carboxylic acids is 1. The van der Waals surface area contributed by atoms with Crippen molar-refractivity contribution in [2.24, 2.45) is 0 Å². The summed E-state index contributed by atoms with van der Waals surface area (Å²) in [5.74, 6) is -1.09. The van der Waals surface area contributed by atoms with E-state index in [0.29, 0.717) is 0 Å². The summed E-state index contributed by atoms with van der Waals surface area (Å²) >= 11 is 5.64. The molecule has 0 saturated heterocycles. The SMILES string of the molecule is O=C(O)c1cnc(Cl)nc1NC[C@H](O)c1ccccc1. The fourth-order valence-electron chi connectivity index (χ4n) is 1.64. The number of carboxylic acid groups (broad SMARTS) is 1. The van der Waals surface area contributed by atoms with Gasteiger partial charge in [0.15, 0.2) is 0 Å². The third-order valence-corrected chi connectivity index (χ3v) is 2.82. The van der Waals surface area contributed by atoms with Gasteiger partial charge in [-0.15, -0.1) is 0 Å². The minimum Gasteiger partial charge on any atom is -0.477 e. The Morgan fingerprint density at radius 3 is 2.70 bits per heavy atom. The van der Waals surface area contributed by atoms with Crippen molar-refractivity contribution < 1.29 is 15.0 Å². The number of aliphatic hydroxyl groups excluding tert-OH is 1. The normalized spacial score (nSPS) is 11.9. The van der Waals surface area contributed by atoms with Gasteiger partial charge in [-0.2, -0.15) is 4.98 Å². The summed E-state index contributed by atoms with van der Waals surface area (Å²) in [5.41, 5.74) is 0.617. The van der Waals surface area contributed by atoms with E-state index in [2.05, 4.69) is 15.3 Å². The Bertz CT molecular complexity index is 607. The first-order valence-corrected chi connectivity index (χ1v) is 6.18. The molecule has 1 aromatic heterocycles. The number of hydrogen-bond donors (Lipinski definition) is 3. The van der Waals surface area contributed by atoms with Gasteiger partial charge in [0.25, 0.3) is 0 Å². The molecule has 0 saturated carbocycles. The van der Waals surface area contributed by atoms with Crippen molar-refractivity contribution in [2.45, 2.75) is 6.10 Å². The van der Waals surface area contributed by atoms with E-state index in [1.54, 1.807) is 12.1 Å². The number of benzene rings is 1. The summed E-state index contributed by atoms with van der Waals surface area (Å²) in [4.78, 5) is 18.5. The van der Waals surface area contributed by atoms with E-state index in [1.165, 1.54) is 0 Å². The molecule has 7 heteroatoms. The highest BCUT2D eigenvalue weighted by Crippen LogP contribution is 2.17. The van der Waals surface area contributed by atoms with E-state index in [-0.39, 0.29) is 23.2 Å². The summed E-state index contributed by atoms with van der Waals surface area (Å²) < 4.78 is 0. The highest BCUT2D eigenvalue weighted by molar-refractivity contribution is 6.28. The number of anilines is 1. The molecule has 0 unspecified atom stereocenters. The number of carbonyl (C=O) groups is 1. The highest BCUT2D eigenvalue weighted by atomic mass is 35.5. The predicted molar refractivity (Wildman–Crippen MR) is 73.9 cm³/mol. The standard InChI is InChI=1S/C13H12ClN3O3/c14-13-16-6-9(12(19)20)11(17-13)15-7-10(18)8-4-2-1-3-5-8/h1-6,10,18H,7H2,(H,19,20)(H,15,16,17)/t10-/m0/s1. The van der Waals surface area contributed by atoms with Crippen molar-refractivity contribution >= 4 is 23.4 Å². The van der Waals surface area contributed by atoms with Crippen LogP contribution in [0.3, 0.4) is 0 Å². The predicted octanol–water partition coefficient (Wildman–Crippen LogP) is 1.97. The molecular weight excluding hydrogens is 282 g/mol. The average Bonchev–Trinajstić information content (AvgIpc) is 2.45. The molecule has 2 rings (SSSR count). The first-order valence-electron chi connectivity index (χ1n) is 5.80. The highest BCUT2D eigenvalue weighted by Gasteiger charge is 2.14. The number of aromatic nitrogens is 2. The van der Waals surface area contributed by atoms with Crippen LogP contribution >= 0.6 is 11.6 Å². The monoisotopic (exact) mass is 293 g/mol. The lowest BCUT2D eigenvalue weighted by molar-refractivity contribution is 0.0697. The van der Waals surface area contributed by atoms with Crippen LogP contribution in [0.15, 0.2) is 36.5 Å². The largest absolute Gasteiger partial charge is 0.477 e. The van der Waals surface area contributed by atoms with Gasteiger partial charge >= 0.3 is 5.97 Å². The molecule has 1 heterocycles. The van der Waals surface area contributed by atoms with Crippen LogP contribution in [0.4, 0.5) is 5.82 Å². The lowest BCUT2D eigenvalue weighted by atomic mass is 10.1. The maximum atomic E-state index is 11.0. The van der Waals surface area contributed by atoms with Crippen LogP contribution in [0.5, 0.6) is 0 Å². The Morgan fingerprint density at radius 2 is 2.05 bits per heavy atom. The minimum absolute atomic E-state index is 0.0632. The van der Waals surface area contributed by atoms with Crippen molar-refractivity contribution in [1.29, 1.82) is 0 Å². The molecule has 0 fully saturated rings. The van der Waals surface area contributed by atoms with Crippen LogP contribution in [0.2, 0.25) is 5.28 Å². The molecule has 0 aliphatic heterocycles. The number of halogens is 1. The van der Waals surface area contributed by atoms with Gasteiger partial charge in [-0.05, 0) is 17.2 Å². The molecule has 0 aliphatic rings. The first-order chi connectivity index (χ1) is 9.58. The van der Waals surface area contributed by atoms with Crippen molar-refractivity contribution in [3.63, 3.8) is 0 Å². The summed E-state index contributed by atoms with van der Waals surface area (Å²) in [7, 11) is 0. The van der Waals surface area contributed by atoms with Crippen molar-refractivity contribution in [3.8, 4) is 0 Å². The van der Waals surface area contributed by atoms with E-state index >= 15 is 0 Å². The van der Waals surface area contributed by atoms with Crippen LogP contribution in [0, 0.1) is 0 Å². The molecule has 2 aromatic rings. The Morgan fingerprint density at radius 1 is 1.35 bits per heavy atom. The molecule has 0 aliphatic carbocycles. The Hall–Kier alpha value is -2.18. The van der Waals surface area contributed by atoms with E-state index in [0.717, 1.165) is 11.8 Å². The molecule has 0 amide bonds. The second kappa shape index (κ2) is 6.31. The number of carboxylic acids is 1. The van der Waals surface area contributed by atoms with E-state index < -0.39 is 12.1 Å². The number of hydrogen-bond acceptors (Lipinski definition) is 5. The average molecular weight is 294 g/mol. The number of aliphatic hydroxyl groups is 1. The Kier molecular flexibility index (Phi) is 4.49. The molecule has 1 aromatic carbocycles. The fourth-order valence-corrected chi connectivity index (χ4v) is 1.77. The summed E-state index contributed by atoms with van der Waals surface area (Å²) in [6, 6.07) is 9.01. The van der Waals surface area contributed by atoms with Crippen molar-refractivity contribution in [2.75, 3.05) is 11.9 Å². The summed E-state index contributed by atoms with van der Waals surface area (Å²) in [6.07, 6.45) is 0.334. The van der Waals surface area contributed by atoms with Crippen LogP contribution in [-0.2, 0) is 0 Å². The van der Waals surface area contributed by atoms with E-state index in [4.69, 9.17) is 16.7 Å². The van der Waals surface area contributed by atoms with Crippen molar-refractivity contribution in [1.82, 2.24) is 9.97 Å². The number of rotatable bonds is 5. The molecule has 0 spiro atoms. The van der Waals surface area contributed by atoms with E-state index in [9.17, 15) is 9.90 Å². The van der Waals surface area contributed by atoms with Crippen LogP contribution in [-0.4, -0.2) is 32.7 Å². The summed E-state index contributed by atoms with van der Waals surface area (Å²) in [5, 5.41) is 21.7. The van der Waals surface area contributed by atoms with Gasteiger partial charge in [-0.1, -0.05) is 30.3 Å². The van der Waals surface area contributed by atoms with Gasteiger partial charge in [0.2, 0.25) is 5.28 Å². The Balaban J connectivity index is 2.11. The third kappa shape index (κ3) is 3.43. The molecule has 6 nitrogen and oxygen atoms in total. The quantitative estimate of drug-likeness (QED) is 0.730.